The third-order valence-electron chi connectivity index (χ3n) is 2.78. The second-order valence-corrected chi connectivity index (χ2v) is 4.45. The number of benzene rings is 1. The zero-order chi connectivity index (χ0) is 15.8. The number of carbonyl (C=O) groups is 1. The van der Waals surface area contributed by atoms with E-state index >= 15 is 0 Å². The molecule has 0 spiro atoms. The van der Waals surface area contributed by atoms with Crippen LogP contribution in [0.4, 0.5) is 4.39 Å². The number of halogens is 1. The van der Waals surface area contributed by atoms with E-state index in [1.54, 1.807) is 18.2 Å². The van der Waals surface area contributed by atoms with Crippen LogP contribution < -0.4 is 14.8 Å². The molecule has 0 bridgehead atoms. The fraction of sp³-hybridized carbons (Fsp3) is 0.467. The molecule has 0 aliphatic carbocycles. The van der Waals surface area contributed by atoms with Crippen LogP contribution >= 0.6 is 0 Å². The molecule has 21 heavy (non-hydrogen) atoms. The number of nitrogens with one attached hydrogen (secondary N) is 1. The fourth-order valence-corrected chi connectivity index (χ4v) is 1.75. The molecule has 0 aliphatic heterocycles. The van der Waals surface area contributed by atoms with Gasteiger partial charge in [0.15, 0.2) is 17.7 Å². The summed E-state index contributed by atoms with van der Waals surface area (Å²) in [6.45, 7) is 3.84. The summed E-state index contributed by atoms with van der Waals surface area (Å²) in [4.78, 5) is 11.5. The van der Waals surface area contributed by atoms with Gasteiger partial charge >= 0.3 is 0 Å². The smallest absolute Gasteiger partial charge is 0.255 e. The highest BCUT2D eigenvalue weighted by Crippen LogP contribution is 2.28. The Labute approximate surface area is 123 Å². The van der Waals surface area contributed by atoms with Crippen molar-refractivity contribution in [2.75, 3.05) is 13.7 Å². The summed E-state index contributed by atoms with van der Waals surface area (Å²) in [6, 6.07) is 6.10. The molecule has 6 heteroatoms. The maximum absolute atomic E-state index is 13.9. The van der Waals surface area contributed by atoms with Crippen LogP contribution in [-0.4, -0.2) is 31.8 Å². The first-order valence-corrected chi connectivity index (χ1v) is 6.65. The average molecular weight is 294 g/mol. The number of amides is 1. The molecule has 1 rings (SSSR count). The predicted octanol–water partition coefficient (Wildman–Crippen LogP) is 2.00. The van der Waals surface area contributed by atoms with Gasteiger partial charge in [-0.1, -0.05) is 6.07 Å². The number of alkyl halides is 1. The van der Waals surface area contributed by atoms with E-state index in [1.165, 1.54) is 14.0 Å². The Bertz CT molecular complexity index is 528. The lowest BCUT2D eigenvalue weighted by Crippen LogP contribution is -2.38. The van der Waals surface area contributed by atoms with Gasteiger partial charge in [0, 0.05) is 6.42 Å². The Hall–Kier alpha value is -2.29. The Balaban J connectivity index is 2.74. The van der Waals surface area contributed by atoms with Crippen molar-refractivity contribution in [3.05, 3.63) is 23.8 Å². The van der Waals surface area contributed by atoms with Crippen molar-refractivity contribution < 1.29 is 18.7 Å². The van der Waals surface area contributed by atoms with E-state index in [4.69, 9.17) is 14.7 Å². The predicted molar refractivity (Wildman–Crippen MR) is 76.0 cm³/mol. The molecule has 0 saturated carbocycles. The summed E-state index contributed by atoms with van der Waals surface area (Å²) in [5.74, 6) is 0.269. The number of nitrogens with zero attached hydrogens (tertiary/aromatic N) is 1. The molecule has 1 amide bonds. The molecular weight excluding hydrogens is 275 g/mol. The van der Waals surface area contributed by atoms with E-state index < -0.39 is 18.1 Å². The zero-order valence-corrected chi connectivity index (χ0v) is 12.4. The second kappa shape index (κ2) is 8.10. The number of hydrogen-bond donors (Lipinski definition) is 1. The molecule has 0 aliphatic rings. The molecule has 2 unspecified atom stereocenters. The van der Waals surface area contributed by atoms with Crippen molar-refractivity contribution in [1.82, 2.24) is 5.32 Å². The molecule has 1 N–H and O–H groups in total. The topological polar surface area (TPSA) is 71.3 Å². The van der Waals surface area contributed by atoms with Gasteiger partial charge in [0.05, 0.1) is 19.8 Å². The third-order valence-corrected chi connectivity index (χ3v) is 2.78. The largest absolute Gasteiger partial charge is 0.493 e. The van der Waals surface area contributed by atoms with E-state index in [0.717, 1.165) is 0 Å². The summed E-state index contributed by atoms with van der Waals surface area (Å²) in [6.07, 6.45) is -1.81. The van der Waals surface area contributed by atoms with E-state index in [9.17, 15) is 9.18 Å². The Morgan fingerprint density at radius 1 is 1.48 bits per heavy atom. The number of ether oxygens (including phenoxy) is 2. The normalized spacial score (nSPS) is 12.9. The van der Waals surface area contributed by atoms with E-state index in [1.807, 2.05) is 13.0 Å². The molecule has 1 aromatic carbocycles. The highest BCUT2D eigenvalue weighted by Gasteiger charge is 2.20. The Kier molecular flexibility index (Phi) is 6.47. The quantitative estimate of drug-likeness (QED) is 0.835. The van der Waals surface area contributed by atoms with E-state index in [0.29, 0.717) is 23.7 Å². The summed E-state index contributed by atoms with van der Waals surface area (Å²) in [5.41, 5.74) is 0.613. The molecule has 0 radical (unpaired) electrons. The summed E-state index contributed by atoms with van der Waals surface area (Å²) in [5, 5.41) is 10.9. The van der Waals surface area contributed by atoms with Gasteiger partial charge in [0.1, 0.15) is 6.04 Å². The minimum absolute atomic E-state index is 0.0905. The first-order chi connectivity index (χ1) is 10.0. The highest BCUT2D eigenvalue weighted by molar-refractivity contribution is 5.81. The lowest BCUT2D eigenvalue weighted by atomic mass is 10.1. The number of carbonyl (C=O) groups excluding carboxylic acids is 1. The molecule has 0 heterocycles. The maximum Gasteiger partial charge on any atom is 0.255 e. The van der Waals surface area contributed by atoms with Crippen LogP contribution in [0.1, 0.15) is 19.4 Å². The minimum Gasteiger partial charge on any atom is -0.493 e. The lowest BCUT2D eigenvalue weighted by Gasteiger charge is -2.13. The molecule has 114 valence electrons. The number of nitriles is 1. The van der Waals surface area contributed by atoms with Crippen LogP contribution in [0.3, 0.4) is 0 Å². The summed E-state index contributed by atoms with van der Waals surface area (Å²) < 4.78 is 24.4. The van der Waals surface area contributed by atoms with Gasteiger partial charge in [0.2, 0.25) is 0 Å². The standard InChI is InChI=1S/C15H19FN2O3/c1-4-21-13-6-5-11(8-14(13)20-3)7-12(16)15(19)18-10(2)9-17/h5-6,8,10,12H,4,7H2,1-3H3,(H,18,19). The molecule has 0 saturated heterocycles. The Morgan fingerprint density at radius 3 is 2.76 bits per heavy atom. The van der Waals surface area contributed by atoms with Crippen LogP contribution in [0.15, 0.2) is 18.2 Å². The summed E-state index contributed by atoms with van der Waals surface area (Å²) in [7, 11) is 1.50. The van der Waals surface area contributed by atoms with Crippen molar-refractivity contribution in [2.24, 2.45) is 0 Å². The van der Waals surface area contributed by atoms with Crippen LogP contribution in [0.2, 0.25) is 0 Å². The van der Waals surface area contributed by atoms with Gasteiger partial charge in [-0.25, -0.2) is 4.39 Å². The second-order valence-electron chi connectivity index (χ2n) is 4.45. The number of rotatable bonds is 7. The fourth-order valence-electron chi connectivity index (χ4n) is 1.75. The van der Waals surface area contributed by atoms with Gasteiger partial charge in [-0.15, -0.1) is 0 Å². The van der Waals surface area contributed by atoms with Gasteiger partial charge in [-0.3, -0.25) is 4.79 Å². The first-order valence-electron chi connectivity index (χ1n) is 6.65. The highest BCUT2D eigenvalue weighted by atomic mass is 19.1. The SMILES string of the molecule is CCOc1ccc(CC(F)C(=O)NC(C)C#N)cc1OC. The van der Waals surface area contributed by atoms with Gasteiger partial charge in [0.25, 0.3) is 5.91 Å². The minimum atomic E-state index is -1.72. The Morgan fingerprint density at radius 2 is 2.19 bits per heavy atom. The third kappa shape index (κ3) is 4.95. The van der Waals surface area contributed by atoms with Crippen molar-refractivity contribution >= 4 is 5.91 Å². The van der Waals surface area contributed by atoms with Crippen LogP contribution in [-0.2, 0) is 11.2 Å². The van der Waals surface area contributed by atoms with Crippen molar-refractivity contribution in [3.63, 3.8) is 0 Å². The molecule has 0 aromatic heterocycles. The molecule has 2 atom stereocenters. The molecule has 1 aromatic rings. The van der Waals surface area contributed by atoms with Crippen LogP contribution in [0.5, 0.6) is 11.5 Å². The first kappa shape index (κ1) is 16.8. The molecule has 5 nitrogen and oxygen atoms in total. The van der Waals surface area contributed by atoms with E-state index in [-0.39, 0.29) is 6.42 Å². The van der Waals surface area contributed by atoms with E-state index in [2.05, 4.69) is 5.32 Å². The average Bonchev–Trinajstić information content (AvgIpc) is 2.48. The van der Waals surface area contributed by atoms with Crippen molar-refractivity contribution in [2.45, 2.75) is 32.5 Å². The monoisotopic (exact) mass is 294 g/mol. The van der Waals surface area contributed by atoms with Gasteiger partial charge in [-0.2, -0.15) is 5.26 Å². The zero-order valence-electron chi connectivity index (χ0n) is 12.4. The molecule has 0 fully saturated rings. The lowest BCUT2D eigenvalue weighted by molar-refractivity contribution is -0.126. The van der Waals surface area contributed by atoms with Crippen LogP contribution in [0.25, 0.3) is 0 Å². The number of hydrogen-bond acceptors (Lipinski definition) is 4. The van der Waals surface area contributed by atoms with Crippen molar-refractivity contribution in [1.29, 1.82) is 5.26 Å². The van der Waals surface area contributed by atoms with Crippen molar-refractivity contribution in [3.8, 4) is 17.6 Å². The van der Waals surface area contributed by atoms with Crippen LogP contribution in [0, 0.1) is 11.3 Å². The van der Waals surface area contributed by atoms with Gasteiger partial charge < -0.3 is 14.8 Å². The number of methoxy groups -OCH3 is 1. The molecular formula is C15H19FN2O3. The maximum atomic E-state index is 13.9. The summed E-state index contributed by atoms with van der Waals surface area (Å²) >= 11 is 0. The van der Waals surface area contributed by atoms with Gasteiger partial charge in [-0.05, 0) is 31.5 Å².